The van der Waals surface area contributed by atoms with Gasteiger partial charge in [0, 0.05) is 18.0 Å². The first-order valence-corrected chi connectivity index (χ1v) is 7.70. The Kier molecular flexibility index (Phi) is 3.31. The summed E-state index contributed by atoms with van der Waals surface area (Å²) >= 11 is 1.70. The fourth-order valence-electron chi connectivity index (χ4n) is 3.03. The van der Waals surface area contributed by atoms with Crippen molar-refractivity contribution in [2.75, 3.05) is 13.1 Å². The SMILES string of the molecule is CC1C(=O)N2CCCC2C(=O)N1CCc1cccs1. The van der Waals surface area contributed by atoms with Gasteiger partial charge < -0.3 is 9.80 Å². The van der Waals surface area contributed by atoms with E-state index in [4.69, 9.17) is 0 Å². The van der Waals surface area contributed by atoms with Crippen LogP contribution in [0.25, 0.3) is 0 Å². The molecule has 1 aromatic heterocycles. The standard InChI is InChI=1S/C14H18N2O2S/c1-10-13(17)16-7-2-5-12(16)14(18)15(10)8-6-11-4-3-9-19-11/h3-4,9-10,12H,2,5-8H2,1H3. The van der Waals surface area contributed by atoms with Gasteiger partial charge in [-0.2, -0.15) is 0 Å². The summed E-state index contributed by atoms with van der Waals surface area (Å²) in [5.41, 5.74) is 0. The quantitative estimate of drug-likeness (QED) is 0.841. The summed E-state index contributed by atoms with van der Waals surface area (Å²) < 4.78 is 0. The van der Waals surface area contributed by atoms with Crippen molar-refractivity contribution in [1.82, 2.24) is 9.80 Å². The van der Waals surface area contributed by atoms with Crippen LogP contribution in [-0.2, 0) is 16.0 Å². The van der Waals surface area contributed by atoms with Gasteiger partial charge in [0.2, 0.25) is 11.8 Å². The Labute approximate surface area is 117 Å². The number of hydrogen-bond acceptors (Lipinski definition) is 3. The molecule has 2 aliphatic heterocycles. The number of thiophene rings is 1. The molecule has 0 saturated carbocycles. The average Bonchev–Trinajstić information content (AvgIpc) is 3.07. The summed E-state index contributed by atoms with van der Waals surface area (Å²) in [6.45, 7) is 3.25. The highest BCUT2D eigenvalue weighted by Gasteiger charge is 2.45. The van der Waals surface area contributed by atoms with Gasteiger partial charge in [-0.15, -0.1) is 11.3 Å². The molecule has 2 unspecified atom stereocenters. The first-order chi connectivity index (χ1) is 9.18. The molecule has 1 aromatic rings. The second kappa shape index (κ2) is 4.96. The second-order valence-corrected chi connectivity index (χ2v) is 6.26. The lowest BCUT2D eigenvalue weighted by molar-refractivity contribution is -0.158. The van der Waals surface area contributed by atoms with Crippen LogP contribution in [0.2, 0.25) is 0 Å². The van der Waals surface area contributed by atoms with Gasteiger partial charge in [-0.3, -0.25) is 9.59 Å². The molecule has 2 saturated heterocycles. The molecule has 0 bridgehead atoms. The predicted molar refractivity (Wildman–Crippen MR) is 73.9 cm³/mol. The van der Waals surface area contributed by atoms with Crippen LogP contribution in [0.4, 0.5) is 0 Å². The zero-order valence-corrected chi connectivity index (χ0v) is 11.9. The van der Waals surface area contributed by atoms with Gasteiger partial charge >= 0.3 is 0 Å². The van der Waals surface area contributed by atoms with Crippen molar-refractivity contribution in [3.63, 3.8) is 0 Å². The maximum absolute atomic E-state index is 12.5. The predicted octanol–water partition coefficient (Wildman–Crippen LogP) is 1.51. The van der Waals surface area contributed by atoms with Crippen LogP contribution in [0.5, 0.6) is 0 Å². The Morgan fingerprint density at radius 3 is 2.95 bits per heavy atom. The number of carbonyl (C=O) groups is 2. The van der Waals surface area contributed by atoms with Gasteiger partial charge in [-0.25, -0.2) is 0 Å². The van der Waals surface area contributed by atoms with E-state index < -0.39 is 0 Å². The van der Waals surface area contributed by atoms with Crippen molar-refractivity contribution in [3.05, 3.63) is 22.4 Å². The minimum Gasteiger partial charge on any atom is -0.329 e. The number of fused-ring (bicyclic) bond motifs is 1. The van der Waals surface area contributed by atoms with Gasteiger partial charge in [-0.1, -0.05) is 6.07 Å². The Balaban J connectivity index is 1.72. The van der Waals surface area contributed by atoms with Crippen molar-refractivity contribution in [1.29, 1.82) is 0 Å². The molecule has 102 valence electrons. The second-order valence-electron chi connectivity index (χ2n) is 5.23. The summed E-state index contributed by atoms with van der Waals surface area (Å²) in [7, 11) is 0. The molecule has 3 rings (SSSR count). The Bertz CT molecular complexity index is 486. The lowest BCUT2D eigenvalue weighted by Crippen LogP contribution is -2.62. The molecule has 0 aliphatic carbocycles. The summed E-state index contributed by atoms with van der Waals surface area (Å²) in [4.78, 5) is 29.5. The van der Waals surface area contributed by atoms with E-state index in [-0.39, 0.29) is 23.9 Å². The van der Waals surface area contributed by atoms with Crippen LogP contribution >= 0.6 is 11.3 Å². The molecular weight excluding hydrogens is 260 g/mol. The number of amides is 2. The molecule has 0 spiro atoms. The number of carbonyl (C=O) groups excluding carboxylic acids is 2. The van der Waals surface area contributed by atoms with Gasteiger partial charge in [0.15, 0.2) is 0 Å². The van der Waals surface area contributed by atoms with Crippen molar-refractivity contribution in [3.8, 4) is 0 Å². The van der Waals surface area contributed by atoms with Gasteiger partial charge in [0.1, 0.15) is 12.1 Å². The number of nitrogens with zero attached hydrogens (tertiary/aromatic N) is 2. The molecule has 4 nitrogen and oxygen atoms in total. The van der Waals surface area contributed by atoms with E-state index in [1.54, 1.807) is 21.1 Å². The fraction of sp³-hybridized carbons (Fsp3) is 0.571. The van der Waals surface area contributed by atoms with Crippen molar-refractivity contribution in [2.45, 2.75) is 38.3 Å². The molecule has 3 heterocycles. The van der Waals surface area contributed by atoms with Crippen molar-refractivity contribution in [2.24, 2.45) is 0 Å². The zero-order valence-electron chi connectivity index (χ0n) is 11.0. The number of piperazine rings is 1. The van der Waals surface area contributed by atoms with E-state index in [1.165, 1.54) is 4.88 Å². The molecule has 2 amide bonds. The van der Waals surface area contributed by atoms with Crippen LogP contribution in [0, 0.1) is 0 Å². The average molecular weight is 278 g/mol. The highest BCUT2D eigenvalue weighted by molar-refractivity contribution is 7.09. The Hall–Kier alpha value is -1.36. The van der Waals surface area contributed by atoms with E-state index in [0.29, 0.717) is 6.54 Å². The maximum Gasteiger partial charge on any atom is 0.246 e. The molecular formula is C14H18N2O2S. The van der Waals surface area contributed by atoms with Gasteiger partial charge in [0.25, 0.3) is 0 Å². The third-order valence-electron chi connectivity index (χ3n) is 4.11. The lowest BCUT2D eigenvalue weighted by atomic mass is 10.1. The molecule has 0 N–H and O–H groups in total. The maximum atomic E-state index is 12.5. The van der Waals surface area contributed by atoms with E-state index in [0.717, 1.165) is 25.8 Å². The summed E-state index contributed by atoms with van der Waals surface area (Å²) in [6.07, 6.45) is 2.62. The molecule has 2 aliphatic rings. The third-order valence-corrected chi connectivity index (χ3v) is 5.04. The number of rotatable bonds is 3. The fourth-order valence-corrected chi connectivity index (χ4v) is 3.73. The summed E-state index contributed by atoms with van der Waals surface area (Å²) in [5.74, 6) is 0.259. The summed E-state index contributed by atoms with van der Waals surface area (Å²) in [6, 6.07) is 3.60. The highest BCUT2D eigenvalue weighted by Crippen LogP contribution is 2.27. The minimum absolute atomic E-state index is 0.119. The topological polar surface area (TPSA) is 40.6 Å². The van der Waals surface area contributed by atoms with Crippen LogP contribution in [0.3, 0.4) is 0 Å². The van der Waals surface area contributed by atoms with Crippen molar-refractivity contribution < 1.29 is 9.59 Å². The minimum atomic E-state index is -0.304. The van der Waals surface area contributed by atoms with E-state index >= 15 is 0 Å². The van der Waals surface area contributed by atoms with Crippen LogP contribution in [0.15, 0.2) is 17.5 Å². The first kappa shape index (κ1) is 12.7. The molecule has 0 aromatic carbocycles. The van der Waals surface area contributed by atoms with Crippen molar-refractivity contribution >= 4 is 23.2 Å². The van der Waals surface area contributed by atoms with Crippen LogP contribution < -0.4 is 0 Å². The summed E-state index contributed by atoms with van der Waals surface area (Å²) in [5, 5.41) is 2.04. The Morgan fingerprint density at radius 2 is 2.21 bits per heavy atom. The van der Waals surface area contributed by atoms with E-state index in [2.05, 4.69) is 6.07 Å². The largest absolute Gasteiger partial charge is 0.329 e. The monoisotopic (exact) mass is 278 g/mol. The third kappa shape index (κ3) is 2.16. The normalized spacial score (nSPS) is 27.0. The Morgan fingerprint density at radius 1 is 1.37 bits per heavy atom. The smallest absolute Gasteiger partial charge is 0.246 e. The van der Waals surface area contributed by atoms with E-state index in [9.17, 15) is 9.59 Å². The van der Waals surface area contributed by atoms with E-state index in [1.807, 2.05) is 18.4 Å². The lowest BCUT2D eigenvalue weighted by Gasteiger charge is -2.40. The molecule has 19 heavy (non-hydrogen) atoms. The van der Waals surface area contributed by atoms with Crippen LogP contribution in [-0.4, -0.2) is 46.8 Å². The molecule has 2 fully saturated rings. The number of hydrogen-bond donors (Lipinski definition) is 0. The zero-order chi connectivity index (χ0) is 13.4. The van der Waals surface area contributed by atoms with Gasteiger partial charge in [0.05, 0.1) is 0 Å². The van der Waals surface area contributed by atoms with Crippen LogP contribution in [0.1, 0.15) is 24.6 Å². The highest BCUT2D eigenvalue weighted by atomic mass is 32.1. The van der Waals surface area contributed by atoms with Gasteiger partial charge in [-0.05, 0) is 37.6 Å². The molecule has 0 radical (unpaired) electrons. The molecule has 2 atom stereocenters. The molecule has 5 heteroatoms. The first-order valence-electron chi connectivity index (χ1n) is 6.82.